The minimum Gasteiger partial charge on any atom is -0.350 e. The predicted octanol–water partition coefficient (Wildman–Crippen LogP) is 3.03. The zero-order chi connectivity index (χ0) is 16.8. The first-order valence-electron chi connectivity index (χ1n) is 8.61. The fourth-order valence-corrected chi connectivity index (χ4v) is 3.05. The van der Waals surface area contributed by atoms with Gasteiger partial charge in [-0.2, -0.15) is 0 Å². The van der Waals surface area contributed by atoms with E-state index in [2.05, 4.69) is 34.7 Å². The standard InChI is InChI=1S/C19H24N4O/c1-15-7-9-17(10-8-15)20-19(24)12-11-18-14-23(22-21-18)13-16-5-3-2-4-6-16/h2-6,11-12,14-15,17H,7-10,13H2,1H3,(H,20,24)/b12-11+. The molecular weight excluding hydrogens is 300 g/mol. The Morgan fingerprint density at radius 2 is 2.00 bits per heavy atom. The van der Waals surface area contributed by atoms with Gasteiger partial charge in [-0.05, 0) is 43.2 Å². The number of hydrogen-bond acceptors (Lipinski definition) is 3. The van der Waals surface area contributed by atoms with Crippen LogP contribution >= 0.6 is 0 Å². The van der Waals surface area contributed by atoms with Crippen molar-refractivity contribution in [3.63, 3.8) is 0 Å². The average Bonchev–Trinajstić information content (AvgIpc) is 3.03. The fraction of sp³-hybridized carbons (Fsp3) is 0.421. The number of nitrogens with zero attached hydrogens (tertiary/aromatic N) is 3. The quantitative estimate of drug-likeness (QED) is 0.860. The predicted molar refractivity (Wildman–Crippen MR) is 94.2 cm³/mol. The van der Waals surface area contributed by atoms with E-state index >= 15 is 0 Å². The van der Waals surface area contributed by atoms with Crippen LogP contribution in [0.25, 0.3) is 6.08 Å². The molecule has 24 heavy (non-hydrogen) atoms. The minimum atomic E-state index is -0.0489. The topological polar surface area (TPSA) is 59.8 Å². The third-order valence-corrected chi connectivity index (χ3v) is 4.51. The van der Waals surface area contributed by atoms with E-state index in [-0.39, 0.29) is 5.91 Å². The third-order valence-electron chi connectivity index (χ3n) is 4.51. The number of hydrogen-bond donors (Lipinski definition) is 1. The smallest absolute Gasteiger partial charge is 0.244 e. The number of carbonyl (C=O) groups excluding carboxylic acids is 1. The Morgan fingerprint density at radius 3 is 2.75 bits per heavy atom. The van der Waals surface area contributed by atoms with Crippen molar-refractivity contribution in [1.82, 2.24) is 20.3 Å². The number of rotatable bonds is 5. The molecule has 0 atom stereocenters. The van der Waals surface area contributed by atoms with Gasteiger partial charge >= 0.3 is 0 Å². The number of carbonyl (C=O) groups is 1. The molecule has 1 N–H and O–H groups in total. The summed E-state index contributed by atoms with van der Waals surface area (Å²) in [6.45, 7) is 2.95. The van der Waals surface area contributed by atoms with Crippen molar-refractivity contribution in [2.45, 2.75) is 45.2 Å². The molecule has 3 rings (SSSR count). The molecule has 1 aromatic carbocycles. The molecule has 1 amide bonds. The van der Waals surface area contributed by atoms with Crippen molar-refractivity contribution in [3.05, 3.63) is 53.9 Å². The van der Waals surface area contributed by atoms with E-state index in [4.69, 9.17) is 0 Å². The highest BCUT2D eigenvalue weighted by molar-refractivity contribution is 5.91. The van der Waals surface area contributed by atoms with Crippen molar-refractivity contribution in [2.24, 2.45) is 5.92 Å². The molecule has 0 saturated heterocycles. The molecule has 0 spiro atoms. The maximum absolute atomic E-state index is 12.0. The van der Waals surface area contributed by atoms with Gasteiger partial charge in [-0.15, -0.1) is 5.10 Å². The zero-order valence-electron chi connectivity index (χ0n) is 14.1. The molecule has 0 bridgehead atoms. The van der Waals surface area contributed by atoms with Crippen molar-refractivity contribution in [1.29, 1.82) is 0 Å². The lowest BCUT2D eigenvalue weighted by Crippen LogP contribution is -2.36. The lowest BCUT2D eigenvalue weighted by Gasteiger charge is -2.26. The second-order valence-corrected chi connectivity index (χ2v) is 6.63. The number of benzene rings is 1. The van der Waals surface area contributed by atoms with Crippen LogP contribution in [0.4, 0.5) is 0 Å². The van der Waals surface area contributed by atoms with E-state index < -0.39 is 0 Å². The lowest BCUT2D eigenvalue weighted by atomic mass is 9.87. The second-order valence-electron chi connectivity index (χ2n) is 6.63. The zero-order valence-corrected chi connectivity index (χ0v) is 14.1. The summed E-state index contributed by atoms with van der Waals surface area (Å²) >= 11 is 0. The van der Waals surface area contributed by atoms with Crippen molar-refractivity contribution < 1.29 is 4.79 Å². The van der Waals surface area contributed by atoms with E-state index in [1.807, 2.05) is 24.4 Å². The van der Waals surface area contributed by atoms with Crippen LogP contribution in [0.1, 0.15) is 43.9 Å². The van der Waals surface area contributed by atoms with Gasteiger partial charge in [-0.3, -0.25) is 4.79 Å². The molecule has 126 valence electrons. The maximum atomic E-state index is 12.0. The average molecular weight is 324 g/mol. The van der Waals surface area contributed by atoms with Crippen molar-refractivity contribution in [3.8, 4) is 0 Å². The van der Waals surface area contributed by atoms with E-state index in [9.17, 15) is 4.79 Å². The molecule has 0 aliphatic heterocycles. The Bertz CT molecular complexity index is 684. The van der Waals surface area contributed by atoms with Crippen LogP contribution in [0.5, 0.6) is 0 Å². The van der Waals surface area contributed by atoms with E-state index in [0.29, 0.717) is 18.3 Å². The first kappa shape index (κ1) is 16.4. The Hall–Kier alpha value is -2.43. The Balaban J connectivity index is 1.50. The normalized spacial score (nSPS) is 21.0. The molecule has 2 aromatic rings. The van der Waals surface area contributed by atoms with Crippen LogP contribution < -0.4 is 5.32 Å². The fourth-order valence-electron chi connectivity index (χ4n) is 3.05. The summed E-state index contributed by atoms with van der Waals surface area (Å²) in [5, 5.41) is 11.3. The summed E-state index contributed by atoms with van der Waals surface area (Å²) in [7, 11) is 0. The molecule has 1 aliphatic carbocycles. The summed E-state index contributed by atoms with van der Waals surface area (Å²) in [4.78, 5) is 12.0. The molecular formula is C19H24N4O. The molecule has 5 heteroatoms. The number of amides is 1. The molecule has 1 fully saturated rings. The van der Waals surface area contributed by atoms with Crippen LogP contribution in [0.3, 0.4) is 0 Å². The van der Waals surface area contributed by atoms with Crippen LogP contribution in [0, 0.1) is 5.92 Å². The lowest BCUT2D eigenvalue weighted by molar-refractivity contribution is -0.117. The molecule has 0 unspecified atom stereocenters. The summed E-state index contributed by atoms with van der Waals surface area (Å²) in [5.41, 5.74) is 1.86. The Kier molecular flexibility index (Phi) is 5.41. The summed E-state index contributed by atoms with van der Waals surface area (Å²) in [6.07, 6.45) is 9.66. The minimum absolute atomic E-state index is 0.0489. The SMILES string of the molecule is CC1CCC(NC(=O)/C=C/c2cn(Cc3ccccc3)nn2)CC1. The van der Waals surface area contributed by atoms with E-state index in [1.54, 1.807) is 16.8 Å². The van der Waals surface area contributed by atoms with Gasteiger partial charge in [0, 0.05) is 12.1 Å². The van der Waals surface area contributed by atoms with Crippen LogP contribution in [-0.2, 0) is 11.3 Å². The Labute approximate surface area is 142 Å². The molecule has 1 saturated carbocycles. The largest absolute Gasteiger partial charge is 0.350 e. The van der Waals surface area contributed by atoms with Gasteiger partial charge in [0.1, 0.15) is 5.69 Å². The molecule has 0 radical (unpaired) electrons. The summed E-state index contributed by atoms with van der Waals surface area (Å²) in [5.74, 6) is 0.737. The number of nitrogens with one attached hydrogen (secondary N) is 1. The first-order valence-corrected chi connectivity index (χ1v) is 8.61. The van der Waals surface area contributed by atoms with Gasteiger partial charge in [0.05, 0.1) is 12.7 Å². The monoisotopic (exact) mass is 324 g/mol. The van der Waals surface area contributed by atoms with E-state index in [0.717, 1.165) is 18.8 Å². The second kappa shape index (κ2) is 7.90. The van der Waals surface area contributed by atoms with Gasteiger partial charge in [0.2, 0.25) is 5.91 Å². The van der Waals surface area contributed by atoms with Crippen LogP contribution in [-0.4, -0.2) is 26.9 Å². The molecule has 1 aliphatic rings. The molecule has 1 aromatic heterocycles. The van der Waals surface area contributed by atoms with E-state index in [1.165, 1.54) is 18.4 Å². The Morgan fingerprint density at radius 1 is 1.25 bits per heavy atom. The first-order chi connectivity index (χ1) is 11.7. The number of aromatic nitrogens is 3. The van der Waals surface area contributed by atoms with Crippen molar-refractivity contribution >= 4 is 12.0 Å². The highest BCUT2D eigenvalue weighted by Gasteiger charge is 2.18. The van der Waals surface area contributed by atoms with Gasteiger partial charge < -0.3 is 5.32 Å². The highest BCUT2D eigenvalue weighted by Crippen LogP contribution is 2.23. The summed E-state index contributed by atoms with van der Waals surface area (Å²) in [6, 6.07) is 10.4. The van der Waals surface area contributed by atoms with Crippen molar-refractivity contribution in [2.75, 3.05) is 0 Å². The summed E-state index contributed by atoms with van der Waals surface area (Å²) < 4.78 is 1.77. The third kappa shape index (κ3) is 4.78. The molecule has 5 nitrogen and oxygen atoms in total. The van der Waals surface area contributed by atoms with Crippen LogP contribution in [0.15, 0.2) is 42.6 Å². The van der Waals surface area contributed by atoms with Gasteiger partial charge in [-0.1, -0.05) is 42.5 Å². The maximum Gasteiger partial charge on any atom is 0.244 e. The highest BCUT2D eigenvalue weighted by atomic mass is 16.1. The van der Waals surface area contributed by atoms with Crippen LogP contribution in [0.2, 0.25) is 0 Å². The van der Waals surface area contributed by atoms with Gasteiger partial charge in [0.25, 0.3) is 0 Å². The van der Waals surface area contributed by atoms with Gasteiger partial charge in [-0.25, -0.2) is 4.68 Å². The molecule has 1 heterocycles. The van der Waals surface area contributed by atoms with Gasteiger partial charge in [0.15, 0.2) is 0 Å².